The van der Waals surface area contributed by atoms with E-state index >= 15 is 0 Å². The molecule has 6 nitrogen and oxygen atoms in total. The number of carbonyl (C=O) groups is 2. The van der Waals surface area contributed by atoms with Crippen molar-refractivity contribution in [1.29, 1.82) is 0 Å². The van der Waals surface area contributed by atoms with Gasteiger partial charge < -0.3 is 19.5 Å². The predicted molar refractivity (Wildman–Crippen MR) is 152 cm³/mol. The molecule has 3 aromatic rings. The number of ether oxygens (including phenoxy) is 2. The Morgan fingerprint density at radius 3 is 2.21 bits per heavy atom. The van der Waals surface area contributed by atoms with Gasteiger partial charge >= 0.3 is 12.1 Å². The van der Waals surface area contributed by atoms with Gasteiger partial charge in [-0.2, -0.15) is 0 Å². The Labute approximate surface area is 237 Å². The summed E-state index contributed by atoms with van der Waals surface area (Å²) in [5, 5.41) is 9.31. The van der Waals surface area contributed by atoms with E-state index < -0.39 is 11.6 Å². The number of halogens is 1. The maximum atomic E-state index is 13.2. The highest BCUT2D eigenvalue weighted by atomic mass is 79.9. The minimum absolute atomic E-state index is 0.00761. The molecule has 3 aliphatic rings. The van der Waals surface area contributed by atoms with E-state index in [4.69, 9.17) is 9.47 Å². The van der Waals surface area contributed by atoms with Crippen molar-refractivity contribution in [3.63, 3.8) is 0 Å². The SMILES string of the molecule is O=C(O)COC1(c2cccc(Br)c2)CCC2(CCN(C(=O)OCC3c4ccccc4-c4ccccc43)C2)CC1. The van der Waals surface area contributed by atoms with Crippen molar-refractivity contribution in [3.8, 4) is 11.1 Å². The van der Waals surface area contributed by atoms with Gasteiger partial charge in [0, 0.05) is 23.5 Å². The summed E-state index contributed by atoms with van der Waals surface area (Å²) < 4.78 is 13.0. The van der Waals surface area contributed by atoms with Crippen LogP contribution in [0, 0.1) is 5.41 Å². The Bertz CT molecular complexity index is 1350. The number of rotatable bonds is 6. The second-order valence-corrected chi connectivity index (χ2v) is 12.1. The topological polar surface area (TPSA) is 76.1 Å². The lowest BCUT2D eigenvalue weighted by Gasteiger charge is -2.45. The van der Waals surface area contributed by atoms with E-state index in [1.807, 2.05) is 41.3 Å². The zero-order valence-corrected chi connectivity index (χ0v) is 23.4. The molecule has 0 atom stereocenters. The third kappa shape index (κ3) is 4.98. The number of carboxylic acid groups (broad SMARTS) is 1. The summed E-state index contributed by atoms with van der Waals surface area (Å²) in [6.07, 6.45) is 3.84. The zero-order valence-electron chi connectivity index (χ0n) is 21.8. The highest BCUT2D eigenvalue weighted by Gasteiger charge is 2.48. The van der Waals surface area contributed by atoms with Crippen LogP contribution in [0.25, 0.3) is 11.1 Å². The molecule has 1 amide bonds. The quantitative estimate of drug-likeness (QED) is 0.336. The molecule has 202 valence electrons. The minimum Gasteiger partial charge on any atom is -0.480 e. The molecular weight excluding hydrogens is 558 g/mol. The fourth-order valence-corrected chi connectivity index (χ4v) is 7.26. The van der Waals surface area contributed by atoms with Crippen molar-refractivity contribution in [2.75, 3.05) is 26.3 Å². The molecule has 6 rings (SSSR count). The molecule has 0 aromatic heterocycles. The molecule has 0 radical (unpaired) electrons. The van der Waals surface area contributed by atoms with E-state index in [-0.39, 0.29) is 24.0 Å². The van der Waals surface area contributed by atoms with Crippen molar-refractivity contribution in [2.24, 2.45) is 5.41 Å². The van der Waals surface area contributed by atoms with E-state index in [0.717, 1.165) is 42.1 Å². The molecule has 2 fully saturated rings. The third-order valence-electron chi connectivity index (χ3n) is 8.97. The molecule has 1 saturated heterocycles. The second-order valence-electron chi connectivity index (χ2n) is 11.2. The number of fused-ring (bicyclic) bond motifs is 3. The van der Waals surface area contributed by atoms with E-state index in [1.54, 1.807) is 0 Å². The Morgan fingerprint density at radius 2 is 1.56 bits per heavy atom. The van der Waals surface area contributed by atoms with Crippen LogP contribution in [0.2, 0.25) is 0 Å². The van der Waals surface area contributed by atoms with Crippen LogP contribution < -0.4 is 0 Å². The Hall–Kier alpha value is -3.16. The normalized spacial score (nSPS) is 24.0. The van der Waals surface area contributed by atoms with Gasteiger partial charge in [-0.25, -0.2) is 9.59 Å². The summed E-state index contributed by atoms with van der Waals surface area (Å²) >= 11 is 3.54. The maximum Gasteiger partial charge on any atom is 0.409 e. The first-order valence-corrected chi connectivity index (χ1v) is 14.4. The highest BCUT2D eigenvalue weighted by molar-refractivity contribution is 9.10. The largest absolute Gasteiger partial charge is 0.480 e. The Kier molecular flexibility index (Phi) is 6.98. The standard InChI is InChI=1S/C32H32BrNO5/c33-23-7-5-6-22(18-23)32(39-20-29(35)36)14-12-31(13-15-32)16-17-34(21-31)30(37)38-19-28-26-10-3-1-8-24(26)25-9-2-4-11-27(25)28/h1-11,18,28H,12-17,19-21H2,(H,35,36). The Morgan fingerprint density at radius 1 is 0.897 bits per heavy atom. The molecular formula is C32H32BrNO5. The number of hydrogen-bond donors (Lipinski definition) is 1. The molecule has 0 bridgehead atoms. The van der Waals surface area contributed by atoms with Crippen molar-refractivity contribution in [1.82, 2.24) is 4.90 Å². The van der Waals surface area contributed by atoms with Gasteiger partial charge in [-0.05, 0) is 77.5 Å². The lowest BCUT2D eigenvalue weighted by molar-refractivity contribution is -0.156. The summed E-state index contributed by atoms with van der Waals surface area (Å²) in [4.78, 5) is 26.4. The summed E-state index contributed by atoms with van der Waals surface area (Å²) in [6, 6.07) is 24.7. The van der Waals surface area contributed by atoms with E-state index in [0.29, 0.717) is 19.7 Å². The molecule has 1 heterocycles. The van der Waals surface area contributed by atoms with Gasteiger partial charge in [-0.1, -0.05) is 76.6 Å². The average Bonchev–Trinajstić information content (AvgIpc) is 3.51. The first kappa shape index (κ1) is 26.1. The zero-order chi connectivity index (χ0) is 27.0. The van der Waals surface area contributed by atoms with Crippen LogP contribution in [0.3, 0.4) is 0 Å². The lowest BCUT2D eigenvalue weighted by atomic mass is 9.66. The fraction of sp³-hybridized carbons (Fsp3) is 0.375. The molecule has 0 unspecified atom stereocenters. The summed E-state index contributed by atoms with van der Waals surface area (Å²) in [6.45, 7) is 1.34. The van der Waals surface area contributed by atoms with E-state index in [1.165, 1.54) is 22.3 Å². The van der Waals surface area contributed by atoms with Crippen LogP contribution >= 0.6 is 15.9 Å². The van der Waals surface area contributed by atoms with Crippen molar-refractivity contribution in [3.05, 3.63) is 94.0 Å². The van der Waals surface area contributed by atoms with E-state index in [9.17, 15) is 14.7 Å². The molecule has 3 aromatic carbocycles. The first-order valence-electron chi connectivity index (χ1n) is 13.6. The van der Waals surface area contributed by atoms with Crippen molar-refractivity contribution < 1.29 is 24.2 Å². The van der Waals surface area contributed by atoms with Gasteiger partial charge in [0.05, 0.1) is 5.60 Å². The third-order valence-corrected chi connectivity index (χ3v) is 9.47. The average molecular weight is 591 g/mol. The summed E-state index contributed by atoms with van der Waals surface area (Å²) in [7, 11) is 0. The lowest BCUT2D eigenvalue weighted by Crippen LogP contribution is -2.42. The van der Waals surface area contributed by atoms with Gasteiger partial charge in [0.15, 0.2) is 0 Å². The van der Waals surface area contributed by atoms with Gasteiger partial charge in [-0.15, -0.1) is 0 Å². The smallest absolute Gasteiger partial charge is 0.409 e. The van der Waals surface area contributed by atoms with Crippen LogP contribution in [-0.4, -0.2) is 48.4 Å². The van der Waals surface area contributed by atoms with Gasteiger partial charge in [0.2, 0.25) is 0 Å². The number of benzene rings is 3. The molecule has 1 spiro atoms. The summed E-state index contributed by atoms with van der Waals surface area (Å²) in [5.74, 6) is -0.920. The predicted octanol–water partition coefficient (Wildman–Crippen LogP) is 6.96. The van der Waals surface area contributed by atoms with E-state index in [2.05, 4.69) is 52.3 Å². The molecule has 7 heteroatoms. The number of aliphatic carboxylic acids is 1. The highest BCUT2D eigenvalue weighted by Crippen LogP contribution is 2.52. The molecule has 2 aliphatic carbocycles. The number of likely N-dealkylation sites (tertiary alicyclic amines) is 1. The fourth-order valence-electron chi connectivity index (χ4n) is 6.86. The van der Waals surface area contributed by atoms with Crippen molar-refractivity contribution >= 4 is 28.0 Å². The van der Waals surface area contributed by atoms with Crippen LogP contribution in [0.4, 0.5) is 4.79 Å². The van der Waals surface area contributed by atoms with Gasteiger partial charge in [0.1, 0.15) is 13.2 Å². The van der Waals surface area contributed by atoms with Gasteiger partial charge in [0.25, 0.3) is 0 Å². The first-order chi connectivity index (χ1) is 18.9. The maximum absolute atomic E-state index is 13.2. The van der Waals surface area contributed by atoms with Crippen LogP contribution in [0.15, 0.2) is 77.3 Å². The molecule has 1 aliphatic heterocycles. The van der Waals surface area contributed by atoms with Gasteiger partial charge in [-0.3, -0.25) is 0 Å². The van der Waals surface area contributed by atoms with Crippen LogP contribution in [-0.2, 0) is 19.9 Å². The second kappa shape index (κ2) is 10.4. The number of carboxylic acids is 1. The molecule has 39 heavy (non-hydrogen) atoms. The molecule has 1 saturated carbocycles. The number of nitrogens with zero attached hydrogens (tertiary/aromatic N) is 1. The monoisotopic (exact) mass is 589 g/mol. The summed E-state index contributed by atoms with van der Waals surface area (Å²) in [5.41, 5.74) is 5.23. The number of carbonyl (C=O) groups excluding carboxylic acids is 1. The van der Waals surface area contributed by atoms with Crippen LogP contribution in [0.5, 0.6) is 0 Å². The minimum atomic E-state index is -0.966. The number of hydrogen-bond acceptors (Lipinski definition) is 4. The Balaban J connectivity index is 1.11. The molecule has 1 N–H and O–H groups in total. The van der Waals surface area contributed by atoms with Crippen molar-refractivity contribution in [2.45, 2.75) is 43.6 Å². The van der Waals surface area contributed by atoms with Crippen LogP contribution in [0.1, 0.15) is 54.7 Å². The number of amides is 1.